The van der Waals surface area contributed by atoms with Gasteiger partial charge in [0.1, 0.15) is 0 Å². The second kappa shape index (κ2) is 10.9. The van der Waals surface area contributed by atoms with E-state index in [2.05, 4.69) is 135 Å². The summed E-state index contributed by atoms with van der Waals surface area (Å²) in [5.41, 5.74) is 11.4. The van der Waals surface area contributed by atoms with E-state index < -0.39 is 0 Å². The molecule has 0 aliphatic carbocycles. The molecule has 2 aromatic heterocycles. The van der Waals surface area contributed by atoms with Gasteiger partial charge < -0.3 is 9.13 Å². The van der Waals surface area contributed by atoms with Gasteiger partial charge in [0.15, 0.2) is 0 Å². The van der Waals surface area contributed by atoms with E-state index in [-0.39, 0.29) is 0 Å². The molecule has 222 valence electrons. The number of nitriles is 1. The van der Waals surface area contributed by atoms with Crippen molar-refractivity contribution in [3.63, 3.8) is 0 Å². The lowest BCUT2D eigenvalue weighted by molar-refractivity contribution is 1.18. The second-order valence-electron chi connectivity index (χ2n) is 11.9. The SMILES string of the molecule is [C-]#[N+]c1cccc2c3ccccc3n(-c3cccc(C#N)c3-c3ccc(-c4ccc(-n5c6ccccc6c6ccccc65)cc4)cc3)c12. The summed E-state index contributed by atoms with van der Waals surface area (Å²) in [6.07, 6.45) is 0. The van der Waals surface area contributed by atoms with Gasteiger partial charge in [-0.3, -0.25) is 0 Å². The number of hydrogen-bond donors (Lipinski definition) is 0. The second-order valence-corrected chi connectivity index (χ2v) is 11.9. The number of rotatable bonds is 4. The van der Waals surface area contributed by atoms with Crippen LogP contribution in [0.25, 0.3) is 82.1 Å². The Labute approximate surface area is 277 Å². The largest absolute Gasteiger partial charge is 0.318 e. The topological polar surface area (TPSA) is 38.0 Å². The molecule has 0 aliphatic rings. The van der Waals surface area contributed by atoms with E-state index >= 15 is 0 Å². The standard InChI is InChI=1S/C44H26N4/c1-46-38-15-9-14-37-36-13-4-7-18-41(36)48(44(37)38)42-19-8-10-32(28-45)43(42)31-22-20-29(21-23-31)30-24-26-33(27-25-30)47-39-16-5-2-11-34(39)35-12-3-6-17-40(35)47/h2-27H. The van der Waals surface area contributed by atoms with Crippen LogP contribution < -0.4 is 0 Å². The molecule has 0 spiro atoms. The summed E-state index contributed by atoms with van der Waals surface area (Å²) in [6, 6.07) is 56.6. The Balaban J connectivity index is 1.15. The van der Waals surface area contributed by atoms with Crippen molar-refractivity contribution in [2.75, 3.05) is 0 Å². The predicted octanol–water partition coefficient (Wildman–Crippen LogP) is 11.6. The Morgan fingerprint density at radius 3 is 1.58 bits per heavy atom. The van der Waals surface area contributed by atoms with Gasteiger partial charge in [0, 0.05) is 27.4 Å². The van der Waals surface area contributed by atoms with E-state index in [0.717, 1.165) is 55.4 Å². The van der Waals surface area contributed by atoms with Crippen molar-refractivity contribution in [1.29, 1.82) is 5.26 Å². The fourth-order valence-corrected chi connectivity index (χ4v) is 7.30. The third-order valence-electron chi connectivity index (χ3n) is 9.41. The third-order valence-corrected chi connectivity index (χ3v) is 9.41. The molecule has 2 heterocycles. The average Bonchev–Trinajstić information content (AvgIpc) is 3.68. The highest BCUT2D eigenvalue weighted by molar-refractivity contribution is 6.14. The quantitative estimate of drug-likeness (QED) is 0.183. The predicted molar refractivity (Wildman–Crippen MR) is 197 cm³/mol. The van der Waals surface area contributed by atoms with Crippen LogP contribution in [0, 0.1) is 17.9 Å². The Bertz CT molecular complexity index is 2730. The highest BCUT2D eigenvalue weighted by Crippen LogP contribution is 2.41. The minimum absolute atomic E-state index is 0.580. The summed E-state index contributed by atoms with van der Waals surface area (Å²) in [5, 5.41) is 14.9. The fourth-order valence-electron chi connectivity index (χ4n) is 7.30. The number of nitrogens with zero attached hydrogens (tertiary/aromatic N) is 4. The normalized spacial score (nSPS) is 11.3. The molecule has 4 nitrogen and oxygen atoms in total. The molecule has 0 saturated carbocycles. The maximum absolute atomic E-state index is 10.3. The maximum atomic E-state index is 10.3. The molecule has 9 aromatic rings. The first kappa shape index (κ1) is 27.4. The molecule has 0 N–H and O–H groups in total. The Hall–Kier alpha value is -6.88. The molecule has 0 radical (unpaired) electrons. The smallest absolute Gasteiger partial charge is 0.211 e. The molecule has 9 rings (SSSR count). The van der Waals surface area contributed by atoms with Crippen molar-refractivity contribution >= 4 is 49.3 Å². The van der Waals surface area contributed by atoms with Crippen LogP contribution >= 0.6 is 0 Å². The van der Waals surface area contributed by atoms with E-state index in [9.17, 15) is 5.26 Å². The number of fused-ring (bicyclic) bond motifs is 6. The third kappa shape index (κ3) is 4.07. The summed E-state index contributed by atoms with van der Waals surface area (Å²) in [4.78, 5) is 3.89. The molecule has 0 aliphatic heterocycles. The Morgan fingerprint density at radius 1 is 0.479 bits per heavy atom. The molecule has 0 atom stereocenters. The fraction of sp³-hybridized carbons (Fsp3) is 0. The van der Waals surface area contributed by atoms with Crippen LogP contribution in [-0.2, 0) is 0 Å². The Kier molecular flexibility index (Phi) is 6.22. The molecule has 7 aromatic carbocycles. The molecule has 0 unspecified atom stereocenters. The zero-order chi connectivity index (χ0) is 32.2. The Morgan fingerprint density at radius 2 is 0.979 bits per heavy atom. The first-order valence-corrected chi connectivity index (χ1v) is 15.9. The minimum Gasteiger partial charge on any atom is -0.318 e. The molecule has 0 fully saturated rings. The van der Waals surface area contributed by atoms with Crippen LogP contribution in [0.5, 0.6) is 0 Å². The summed E-state index contributed by atoms with van der Waals surface area (Å²) in [6.45, 7) is 7.94. The lowest BCUT2D eigenvalue weighted by Crippen LogP contribution is -1.99. The monoisotopic (exact) mass is 610 g/mol. The van der Waals surface area contributed by atoms with Crippen LogP contribution in [0.4, 0.5) is 5.69 Å². The van der Waals surface area contributed by atoms with Crippen LogP contribution in [0.3, 0.4) is 0 Å². The van der Waals surface area contributed by atoms with Crippen LogP contribution in [0.1, 0.15) is 5.56 Å². The number of hydrogen-bond acceptors (Lipinski definition) is 1. The van der Waals surface area contributed by atoms with Crippen LogP contribution in [-0.4, -0.2) is 9.13 Å². The summed E-state index contributed by atoms with van der Waals surface area (Å²) >= 11 is 0. The average molecular weight is 611 g/mol. The van der Waals surface area contributed by atoms with Gasteiger partial charge >= 0.3 is 0 Å². The van der Waals surface area contributed by atoms with Crippen LogP contribution in [0.15, 0.2) is 158 Å². The highest BCUT2D eigenvalue weighted by atomic mass is 15.0. The lowest BCUT2D eigenvalue weighted by atomic mass is 9.95. The van der Waals surface area contributed by atoms with E-state index in [4.69, 9.17) is 6.57 Å². The van der Waals surface area contributed by atoms with Crippen molar-refractivity contribution in [2.45, 2.75) is 0 Å². The molecular weight excluding hydrogens is 585 g/mol. The van der Waals surface area contributed by atoms with Crippen molar-refractivity contribution in [1.82, 2.24) is 9.13 Å². The van der Waals surface area contributed by atoms with E-state index in [1.165, 1.54) is 21.8 Å². The van der Waals surface area contributed by atoms with Gasteiger partial charge in [0.05, 0.1) is 46.0 Å². The zero-order valence-electron chi connectivity index (χ0n) is 25.8. The van der Waals surface area contributed by atoms with Gasteiger partial charge in [-0.2, -0.15) is 5.26 Å². The van der Waals surface area contributed by atoms with Gasteiger partial charge in [-0.25, -0.2) is 4.85 Å². The maximum Gasteiger partial charge on any atom is 0.211 e. The van der Waals surface area contributed by atoms with Gasteiger partial charge in [-0.1, -0.05) is 115 Å². The summed E-state index contributed by atoms with van der Waals surface area (Å²) in [7, 11) is 0. The molecule has 0 bridgehead atoms. The van der Waals surface area contributed by atoms with Gasteiger partial charge in [-0.05, 0) is 64.5 Å². The summed E-state index contributed by atoms with van der Waals surface area (Å²) < 4.78 is 4.47. The van der Waals surface area contributed by atoms with Crippen molar-refractivity contribution < 1.29 is 0 Å². The minimum atomic E-state index is 0.580. The zero-order valence-corrected chi connectivity index (χ0v) is 25.8. The molecule has 0 saturated heterocycles. The van der Waals surface area contributed by atoms with Crippen LogP contribution in [0.2, 0.25) is 0 Å². The van der Waals surface area contributed by atoms with E-state index in [0.29, 0.717) is 11.3 Å². The van der Waals surface area contributed by atoms with Crippen molar-refractivity contribution in [3.8, 4) is 39.7 Å². The van der Waals surface area contributed by atoms with E-state index in [1.54, 1.807) is 0 Å². The summed E-state index contributed by atoms with van der Waals surface area (Å²) in [5.74, 6) is 0. The van der Waals surface area contributed by atoms with Gasteiger partial charge in [-0.15, -0.1) is 0 Å². The van der Waals surface area contributed by atoms with Crippen molar-refractivity contribution in [2.24, 2.45) is 0 Å². The van der Waals surface area contributed by atoms with Crippen molar-refractivity contribution in [3.05, 3.63) is 175 Å². The molecule has 48 heavy (non-hydrogen) atoms. The van der Waals surface area contributed by atoms with E-state index in [1.807, 2.05) is 42.5 Å². The first-order valence-electron chi connectivity index (χ1n) is 15.9. The van der Waals surface area contributed by atoms with Gasteiger partial charge in [0.25, 0.3) is 0 Å². The number of aromatic nitrogens is 2. The molecule has 0 amide bonds. The lowest BCUT2D eigenvalue weighted by Gasteiger charge is -2.16. The number of benzene rings is 7. The highest BCUT2D eigenvalue weighted by Gasteiger charge is 2.20. The van der Waals surface area contributed by atoms with Gasteiger partial charge in [0.2, 0.25) is 5.69 Å². The number of para-hydroxylation sites is 4. The molecule has 4 heteroatoms. The first-order chi connectivity index (χ1) is 23.7. The molecular formula is C44H26N4.